The van der Waals surface area contributed by atoms with E-state index in [9.17, 15) is 13.2 Å². The van der Waals surface area contributed by atoms with E-state index in [1.807, 2.05) is 20.8 Å². The van der Waals surface area contributed by atoms with Crippen LogP contribution < -0.4 is 5.32 Å². The first-order valence-corrected chi connectivity index (χ1v) is 8.41. The van der Waals surface area contributed by atoms with Crippen molar-refractivity contribution < 1.29 is 17.8 Å². The summed E-state index contributed by atoms with van der Waals surface area (Å²) in [7, 11) is -3.90. The minimum atomic E-state index is -3.90. The van der Waals surface area contributed by atoms with Crippen LogP contribution in [0.2, 0.25) is 0 Å². The Hall–Kier alpha value is -0.620. The van der Waals surface area contributed by atoms with E-state index in [1.54, 1.807) is 0 Å². The molecule has 19 heavy (non-hydrogen) atoms. The van der Waals surface area contributed by atoms with Crippen LogP contribution in [-0.4, -0.2) is 30.7 Å². The fourth-order valence-electron chi connectivity index (χ4n) is 2.27. The third-order valence-corrected chi connectivity index (χ3v) is 5.58. The molecule has 1 saturated carbocycles. The summed E-state index contributed by atoms with van der Waals surface area (Å²) in [6, 6.07) is 0. The van der Waals surface area contributed by atoms with Gasteiger partial charge in [-0.1, -0.05) is 20.8 Å². The summed E-state index contributed by atoms with van der Waals surface area (Å²) in [5.41, 5.74) is -0.356. The third-order valence-electron chi connectivity index (χ3n) is 4.26. The molecule has 112 valence electrons. The topological polar surface area (TPSA) is 83.5 Å². The van der Waals surface area contributed by atoms with Crippen molar-refractivity contribution in [2.45, 2.75) is 58.1 Å². The van der Waals surface area contributed by atoms with Crippen molar-refractivity contribution >= 4 is 16.0 Å². The third kappa shape index (κ3) is 4.76. The molecule has 0 spiro atoms. The van der Waals surface area contributed by atoms with Gasteiger partial charge in [0.05, 0.1) is 5.25 Å². The Balaban J connectivity index is 2.37. The van der Waals surface area contributed by atoms with Gasteiger partial charge in [0.15, 0.2) is 0 Å². The lowest BCUT2D eigenvalue weighted by Gasteiger charge is -2.28. The highest BCUT2D eigenvalue weighted by molar-refractivity contribution is 7.86. The summed E-state index contributed by atoms with van der Waals surface area (Å²) in [5.74, 6) is 0.363. The number of nitrogens with one attached hydrogen (secondary N) is 1. The second-order valence-electron chi connectivity index (χ2n) is 6.11. The molecule has 1 rings (SSSR count). The Morgan fingerprint density at radius 3 is 2.21 bits per heavy atom. The van der Waals surface area contributed by atoms with Crippen molar-refractivity contribution in [2.75, 3.05) is 6.54 Å². The highest BCUT2D eigenvalue weighted by Gasteiger charge is 2.30. The molecular weight excluding hydrogens is 266 g/mol. The largest absolute Gasteiger partial charge is 0.355 e. The standard InChI is InChI=1S/C13H25NO4S/c1-4-13(2,3)12(15)14-9-10-5-7-11(8-6-10)19(16,17)18/h10-11H,4-9H2,1-3H3,(H,14,15)(H,16,17,18). The van der Waals surface area contributed by atoms with E-state index in [-0.39, 0.29) is 11.3 Å². The first-order chi connectivity index (χ1) is 8.66. The highest BCUT2D eigenvalue weighted by atomic mass is 32.2. The van der Waals surface area contributed by atoms with Gasteiger partial charge in [-0.15, -0.1) is 0 Å². The number of amides is 1. The number of carbonyl (C=O) groups excluding carboxylic acids is 1. The zero-order chi connectivity index (χ0) is 14.7. The van der Waals surface area contributed by atoms with Gasteiger partial charge in [0, 0.05) is 12.0 Å². The highest BCUT2D eigenvalue weighted by Crippen LogP contribution is 2.28. The van der Waals surface area contributed by atoms with Crippen molar-refractivity contribution in [1.82, 2.24) is 5.32 Å². The normalized spacial score (nSPS) is 25.1. The molecular formula is C13H25NO4S. The van der Waals surface area contributed by atoms with Gasteiger partial charge in [0.25, 0.3) is 10.1 Å². The second-order valence-corrected chi connectivity index (χ2v) is 7.80. The van der Waals surface area contributed by atoms with E-state index in [0.29, 0.717) is 25.3 Å². The lowest BCUT2D eigenvalue weighted by atomic mass is 9.87. The number of hydrogen-bond donors (Lipinski definition) is 2. The van der Waals surface area contributed by atoms with Crippen molar-refractivity contribution in [3.63, 3.8) is 0 Å². The molecule has 1 amide bonds. The Morgan fingerprint density at radius 2 is 1.79 bits per heavy atom. The van der Waals surface area contributed by atoms with E-state index >= 15 is 0 Å². The van der Waals surface area contributed by atoms with Crippen LogP contribution >= 0.6 is 0 Å². The molecule has 1 aliphatic carbocycles. The Bertz CT molecular complexity index is 408. The molecule has 2 N–H and O–H groups in total. The Labute approximate surface area is 115 Å². The molecule has 6 heteroatoms. The summed E-state index contributed by atoms with van der Waals surface area (Å²) in [6.45, 7) is 6.41. The molecule has 0 aromatic heterocycles. The maximum absolute atomic E-state index is 11.9. The van der Waals surface area contributed by atoms with Crippen LogP contribution in [0.1, 0.15) is 52.9 Å². The van der Waals surface area contributed by atoms with Gasteiger partial charge in [-0.2, -0.15) is 8.42 Å². The van der Waals surface area contributed by atoms with E-state index in [4.69, 9.17) is 4.55 Å². The molecule has 0 aliphatic heterocycles. The van der Waals surface area contributed by atoms with Gasteiger partial charge < -0.3 is 5.32 Å². The summed E-state index contributed by atoms with van der Waals surface area (Å²) in [4.78, 5) is 11.9. The molecule has 0 heterocycles. The molecule has 5 nitrogen and oxygen atoms in total. The van der Waals surface area contributed by atoms with Crippen LogP contribution in [0.3, 0.4) is 0 Å². The van der Waals surface area contributed by atoms with Crippen LogP contribution in [0.15, 0.2) is 0 Å². The zero-order valence-corrected chi connectivity index (χ0v) is 12.8. The van der Waals surface area contributed by atoms with Crippen LogP contribution in [0.4, 0.5) is 0 Å². The molecule has 1 aliphatic rings. The molecule has 1 fully saturated rings. The summed E-state index contributed by atoms with van der Waals surface area (Å²) in [6.07, 6.45) is 3.22. The van der Waals surface area contributed by atoms with Crippen molar-refractivity contribution in [2.24, 2.45) is 11.3 Å². The van der Waals surface area contributed by atoms with E-state index in [1.165, 1.54) is 0 Å². The van der Waals surface area contributed by atoms with Crippen LogP contribution in [0, 0.1) is 11.3 Å². The Morgan fingerprint density at radius 1 is 1.26 bits per heavy atom. The molecule has 0 saturated heterocycles. The lowest BCUT2D eigenvalue weighted by Crippen LogP contribution is -2.40. The minimum Gasteiger partial charge on any atom is -0.355 e. The quantitative estimate of drug-likeness (QED) is 0.759. The van der Waals surface area contributed by atoms with Gasteiger partial charge in [0.1, 0.15) is 0 Å². The fraction of sp³-hybridized carbons (Fsp3) is 0.923. The van der Waals surface area contributed by atoms with Crippen molar-refractivity contribution in [1.29, 1.82) is 0 Å². The second kappa shape index (κ2) is 6.22. The summed E-state index contributed by atoms with van der Waals surface area (Å²) in [5, 5.41) is 2.33. The van der Waals surface area contributed by atoms with Gasteiger partial charge in [-0.25, -0.2) is 0 Å². The SMILES string of the molecule is CCC(C)(C)C(=O)NCC1CCC(S(=O)(=O)O)CC1. The number of hydrogen-bond acceptors (Lipinski definition) is 3. The first kappa shape index (κ1) is 16.4. The smallest absolute Gasteiger partial charge is 0.267 e. The first-order valence-electron chi connectivity index (χ1n) is 6.91. The maximum atomic E-state index is 11.9. The predicted octanol–water partition coefficient (Wildman–Crippen LogP) is 1.99. The van der Waals surface area contributed by atoms with E-state index in [2.05, 4.69) is 5.32 Å². The monoisotopic (exact) mass is 291 g/mol. The van der Waals surface area contributed by atoms with E-state index < -0.39 is 15.4 Å². The molecule has 0 bridgehead atoms. The van der Waals surface area contributed by atoms with Gasteiger partial charge in [-0.05, 0) is 38.0 Å². The molecule has 0 unspecified atom stereocenters. The minimum absolute atomic E-state index is 0.0481. The average Bonchev–Trinajstić information content (AvgIpc) is 2.35. The summed E-state index contributed by atoms with van der Waals surface area (Å²) >= 11 is 0. The van der Waals surface area contributed by atoms with Crippen LogP contribution in [-0.2, 0) is 14.9 Å². The van der Waals surface area contributed by atoms with Crippen molar-refractivity contribution in [3.05, 3.63) is 0 Å². The molecule has 0 atom stereocenters. The lowest BCUT2D eigenvalue weighted by molar-refractivity contribution is -0.129. The zero-order valence-electron chi connectivity index (χ0n) is 12.0. The summed E-state index contributed by atoms with van der Waals surface area (Å²) < 4.78 is 31.0. The molecule has 0 aromatic rings. The molecule has 0 aromatic carbocycles. The average molecular weight is 291 g/mol. The van der Waals surface area contributed by atoms with Crippen LogP contribution in [0.25, 0.3) is 0 Å². The van der Waals surface area contributed by atoms with E-state index in [0.717, 1.165) is 19.3 Å². The predicted molar refractivity (Wildman–Crippen MR) is 74.4 cm³/mol. The maximum Gasteiger partial charge on any atom is 0.267 e. The van der Waals surface area contributed by atoms with Crippen LogP contribution in [0.5, 0.6) is 0 Å². The number of rotatable bonds is 5. The van der Waals surface area contributed by atoms with Gasteiger partial charge in [-0.3, -0.25) is 9.35 Å². The number of carbonyl (C=O) groups is 1. The van der Waals surface area contributed by atoms with Gasteiger partial charge >= 0.3 is 0 Å². The van der Waals surface area contributed by atoms with Gasteiger partial charge in [0.2, 0.25) is 5.91 Å². The van der Waals surface area contributed by atoms with Crippen molar-refractivity contribution in [3.8, 4) is 0 Å². The molecule has 0 radical (unpaired) electrons. The fourth-order valence-corrected chi connectivity index (χ4v) is 3.14. The Kier molecular flexibility index (Phi) is 5.38.